The maximum Gasteiger partial charge on any atom is 0.272 e. The molecule has 222 valence electrons. The van der Waals surface area contributed by atoms with Gasteiger partial charge in [0.05, 0.1) is 5.25 Å². The Morgan fingerprint density at radius 1 is 0.864 bits per heavy atom. The van der Waals surface area contributed by atoms with E-state index in [9.17, 15) is 14.4 Å². The highest BCUT2D eigenvalue weighted by Crippen LogP contribution is 2.27. The van der Waals surface area contributed by atoms with Crippen molar-refractivity contribution in [3.8, 4) is 11.3 Å². The number of nitrogens with one attached hydrogen (secondary N) is 3. The fraction of sp³-hybridized carbons (Fsp3) is 0.118. The molecule has 3 N–H and O–H groups in total. The van der Waals surface area contributed by atoms with Gasteiger partial charge in [-0.15, -0.1) is 11.8 Å². The Balaban J connectivity index is 1.29. The number of hydrogen-bond acceptors (Lipinski definition) is 7. The lowest BCUT2D eigenvalue weighted by atomic mass is 10.1. The van der Waals surface area contributed by atoms with Gasteiger partial charge in [-0.05, 0) is 69.3 Å². The first-order valence-corrected chi connectivity index (χ1v) is 14.7. The van der Waals surface area contributed by atoms with E-state index in [4.69, 9.17) is 8.94 Å². The highest BCUT2D eigenvalue weighted by molar-refractivity contribution is 8.00. The monoisotopic (exact) mass is 606 g/mol. The number of benzene rings is 3. The van der Waals surface area contributed by atoms with Crippen LogP contribution in [0.4, 0.5) is 11.5 Å². The van der Waals surface area contributed by atoms with Crippen LogP contribution in [0.1, 0.15) is 34.4 Å². The summed E-state index contributed by atoms with van der Waals surface area (Å²) in [4.78, 5) is 39.7. The molecular formula is C34H30N4O5S. The lowest BCUT2D eigenvalue weighted by Crippen LogP contribution is -2.30. The summed E-state index contributed by atoms with van der Waals surface area (Å²) in [6.07, 6.45) is 1.49. The van der Waals surface area contributed by atoms with Gasteiger partial charge < -0.3 is 24.9 Å². The Labute approximate surface area is 258 Å². The zero-order valence-electron chi connectivity index (χ0n) is 24.3. The molecule has 0 radical (unpaired) electrons. The number of amides is 3. The molecule has 9 nitrogen and oxygen atoms in total. The summed E-state index contributed by atoms with van der Waals surface area (Å²) in [6, 6.07) is 28.8. The molecule has 0 bridgehead atoms. The Kier molecular flexibility index (Phi) is 9.41. The maximum absolute atomic E-state index is 13.4. The van der Waals surface area contributed by atoms with Crippen LogP contribution >= 0.6 is 11.8 Å². The molecule has 0 fully saturated rings. The number of nitrogens with zero attached hydrogens (tertiary/aromatic N) is 1. The van der Waals surface area contributed by atoms with E-state index in [2.05, 4.69) is 21.1 Å². The minimum Gasteiger partial charge on any atom is -0.457 e. The first-order valence-electron chi connectivity index (χ1n) is 13.8. The number of aromatic nitrogens is 1. The van der Waals surface area contributed by atoms with Crippen LogP contribution in [0.25, 0.3) is 17.4 Å². The zero-order valence-corrected chi connectivity index (χ0v) is 25.1. The quantitative estimate of drug-likeness (QED) is 0.115. The summed E-state index contributed by atoms with van der Waals surface area (Å²) in [5, 5.41) is 11.6. The molecule has 3 amide bonds. The van der Waals surface area contributed by atoms with Crippen molar-refractivity contribution in [1.29, 1.82) is 0 Å². The Morgan fingerprint density at radius 2 is 1.59 bits per heavy atom. The van der Waals surface area contributed by atoms with Gasteiger partial charge in [0.1, 0.15) is 23.0 Å². The molecule has 5 rings (SSSR count). The number of carbonyl (C=O) groups excluding carboxylic acids is 3. The van der Waals surface area contributed by atoms with Gasteiger partial charge in [-0.2, -0.15) is 0 Å². The van der Waals surface area contributed by atoms with Gasteiger partial charge in [-0.25, -0.2) is 0 Å². The molecule has 10 heteroatoms. The molecule has 2 heterocycles. The number of anilines is 2. The second kappa shape index (κ2) is 13.7. The van der Waals surface area contributed by atoms with Crippen molar-refractivity contribution >= 4 is 47.1 Å². The van der Waals surface area contributed by atoms with Crippen LogP contribution in [0.5, 0.6) is 0 Å². The Morgan fingerprint density at radius 3 is 2.27 bits per heavy atom. The normalized spacial score (nSPS) is 11.9. The first-order chi connectivity index (χ1) is 21.2. The number of hydrogen-bond donors (Lipinski definition) is 3. The largest absolute Gasteiger partial charge is 0.457 e. The maximum atomic E-state index is 13.4. The second-order valence-corrected chi connectivity index (χ2v) is 11.4. The van der Waals surface area contributed by atoms with Gasteiger partial charge in [0.2, 0.25) is 5.91 Å². The van der Waals surface area contributed by atoms with Gasteiger partial charge in [-0.3, -0.25) is 14.4 Å². The molecule has 2 aromatic heterocycles. The molecule has 0 saturated carbocycles. The minimum atomic E-state index is -0.529. The van der Waals surface area contributed by atoms with Crippen LogP contribution < -0.4 is 16.0 Å². The lowest BCUT2D eigenvalue weighted by molar-refractivity contribution is -0.115. The molecule has 0 aliphatic heterocycles. The van der Waals surface area contributed by atoms with Crippen LogP contribution in [-0.4, -0.2) is 28.1 Å². The molecule has 0 aliphatic rings. The minimum absolute atomic E-state index is 0.00972. The van der Waals surface area contributed by atoms with Crippen LogP contribution in [0, 0.1) is 13.8 Å². The number of furan rings is 1. The van der Waals surface area contributed by atoms with E-state index in [1.54, 1.807) is 74.5 Å². The van der Waals surface area contributed by atoms with Crippen molar-refractivity contribution in [2.75, 3.05) is 10.6 Å². The number of aryl methyl sites for hydroxylation is 2. The molecule has 0 saturated heterocycles. The fourth-order valence-corrected chi connectivity index (χ4v) is 4.98. The van der Waals surface area contributed by atoms with Gasteiger partial charge in [-0.1, -0.05) is 53.2 Å². The van der Waals surface area contributed by atoms with Crippen LogP contribution in [0.15, 0.2) is 117 Å². The third kappa shape index (κ3) is 7.93. The Hall–Kier alpha value is -5.35. The van der Waals surface area contributed by atoms with Crippen molar-refractivity contribution in [1.82, 2.24) is 10.5 Å². The molecule has 5 aromatic rings. The summed E-state index contributed by atoms with van der Waals surface area (Å²) in [5.74, 6) is 0.828. The number of thioether (sulfide) groups is 1. The highest BCUT2D eigenvalue weighted by atomic mass is 32.2. The van der Waals surface area contributed by atoms with Crippen LogP contribution in [0.2, 0.25) is 0 Å². The summed E-state index contributed by atoms with van der Waals surface area (Å²) >= 11 is 1.36. The molecule has 0 aliphatic carbocycles. The summed E-state index contributed by atoms with van der Waals surface area (Å²) < 4.78 is 11.0. The van der Waals surface area contributed by atoms with Gasteiger partial charge in [0, 0.05) is 33.9 Å². The van der Waals surface area contributed by atoms with Crippen molar-refractivity contribution in [3.63, 3.8) is 0 Å². The second-order valence-electron chi connectivity index (χ2n) is 10.00. The first kappa shape index (κ1) is 30.1. The summed E-state index contributed by atoms with van der Waals surface area (Å²) in [6.45, 7) is 5.54. The molecule has 0 spiro atoms. The van der Waals surface area contributed by atoms with E-state index in [0.29, 0.717) is 34.3 Å². The summed E-state index contributed by atoms with van der Waals surface area (Å²) in [7, 11) is 0. The van der Waals surface area contributed by atoms with E-state index in [0.717, 1.165) is 16.0 Å². The van der Waals surface area contributed by atoms with Gasteiger partial charge >= 0.3 is 0 Å². The smallest absolute Gasteiger partial charge is 0.272 e. The standard InChI is InChI=1S/C34H30N4O5S/c1-21-9-11-24(12-10-21)30-18-15-27(42-30)20-29(36-33(40)25-7-5-4-6-8-25)34(41)35-26-13-16-28(17-14-26)44-23(3)32(39)37-31-19-22(2)43-38-31/h4-20,23H,1-3H3,(H,35,41)(H,36,40)(H,37,38,39). The van der Waals surface area contributed by atoms with Gasteiger partial charge in [0.25, 0.3) is 11.8 Å². The predicted molar refractivity (Wildman–Crippen MR) is 171 cm³/mol. The van der Waals surface area contributed by atoms with E-state index in [1.165, 1.54) is 17.8 Å². The lowest BCUT2D eigenvalue weighted by Gasteiger charge is -2.12. The van der Waals surface area contributed by atoms with Crippen LogP contribution in [0.3, 0.4) is 0 Å². The number of rotatable bonds is 10. The third-order valence-corrected chi connectivity index (χ3v) is 7.56. The van der Waals surface area contributed by atoms with Crippen molar-refractivity contribution in [3.05, 3.63) is 125 Å². The molecule has 44 heavy (non-hydrogen) atoms. The fourth-order valence-electron chi connectivity index (χ4n) is 4.11. The topological polar surface area (TPSA) is 126 Å². The predicted octanol–water partition coefficient (Wildman–Crippen LogP) is 7.08. The van der Waals surface area contributed by atoms with Crippen molar-refractivity contribution in [2.45, 2.75) is 30.9 Å². The summed E-state index contributed by atoms with van der Waals surface area (Å²) in [5.41, 5.74) is 2.95. The van der Waals surface area contributed by atoms with E-state index < -0.39 is 17.1 Å². The third-order valence-electron chi connectivity index (χ3n) is 6.45. The average Bonchev–Trinajstić information content (AvgIpc) is 3.67. The number of carbonyl (C=O) groups is 3. The molecule has 1 atom stereocenters. The van der Waals surface area contributed by atoms with Crippen molar-refractivity contribution in [2.24, 2.45) is 0 Å². The zero-order chi connectivity index (χ0) is 31.1. The van der Waals surface area contributed by atoms with E-state index >= 15 is 0 Å². The van der Waals surface area contributed by atoms with E-state index in [1.807, 2.05) is 43.3 Å². The van der Waals surface area contributed by atoms with Crippen LogP contribution in [-0.2, 0) is 9.59 Å². The highest BCUT2D eigenvalue weighted by Gasteiger charge is 2.18. The molecular weight excluding hydrogens is 576 g/mol. The Bertz CT molecular complexity index is 1790. The average molecular weight is 607 g/mol. The molecule has 3 aromatic carbocycles. The SMILES string of the molecule is Cc1ccc(-c2ccc(C=C(NC(=O)c3ccccc3)C(=O)Nc3ccc(SC(C)C(=O)Nc4cc(C)on4)cc3)o2)cc1. The van der Waals surface area contributed by atoms with Gasteiger partial charge in [0.15, 0.2) is 5.82 Å². The van der Waals surface area contributed by atoms with E-state index in [-0.39, 0.29) is 11.6 Å². The van der Waals surface area contributed by atoms with Crippen molar-refractivity contribution < 1.29 is 23.3 Å². The molecule has 1 unspecified atom stereocenters.